The summed E-state index contributed by atoms with van der Waals surface area (Å²) in [6.07, 6.45) is 0. The van der Waals surface area contributed by atoms with E-state index in [1.807, 2.05) is 0 Å². The van der Waals surface area contributed by atoms with Crippen LogP contribution in [0.15, 0.2) is 9.59 Å². The molecule has 3 rings (SSSR count). The molecule has 1 aliphatic heterocycles. The van der Waals surface area contributed by atoms with Crippen molar-refractivity contribution in [3.05, 3.63) is 20.8 Å². The van der Waals surface area contributed by atoms with E-state index >= 15 is 0 Å². The van der Waals surface area contributed by atoms with Crippen molar-refractivity contribution in [3.63, 3.8) is 0 Å². The minimum atomic E-state index is -0.557. The van der Waals surface area contributed by atoms with Gasteiger partial charge in [0.2, 0.25) is 5.95 Å². The predicted octanol–water partition coefficient (Wildman–Crippen LogP) is -2.12. The molecular weight excluding hydrogens is 228 g/mol. The molecular formula is C8H8N6O3. The van der Waals surface area contributed by atoms with Crippen LogP contribution < -0.4 is 22.1 Å². The maximum atomic E-state index is 11.7. The number of amides is 1. The molecule has 0 atom stereocenters. The second-order valence-electron chi connectivity index (χ2n) is 3.69. The van der Waals surface area contributed by atoms with Crippen molar-refractivity contribution in [1.82, 2.24) is 24.5 Å². The van der Waals surface area contributed by atoms with Crippen LogP contribution in [-0.2, 0) is 18.4 Å². The van der Waals surface area contributed by atoms with Crippen molar-refractivity contribution in [1.29, 1.82) is 0 Å². The number of aromatic nitrogens is 4. The zero-order valence-electron chi connectivity index (χ0n) is 8.77. The summed E-state index contributed by atoms with van der Waals surface area (Å²) < 4.78 is 2.64. The number of hydrazine groups is 1. The van der Waals surface area contributed by atoms with Gasteiger partial charge in [0.1, 0.15) is 6.54 Å². The summed E-state index contributed by atoms with van der Waals surface area (Å²) in [6.45, 7) is -0.0138. The SMILES string of the molecule is Cn1c(=O)[nH]c(=O)c2c1nc1n2CC(=O)NN1. The Labute approximate surface area is 93.0 Å². The van der Waals surface area contributed by atoms with Gasteiger partial charge in [-0.25, -0.2) is 4.79 Å². The molecule has 88 valence electrons. The van der Waals surface area contributed by atoms with Gasteiger partial charge in [0.25, 0.3) is 11.5 Å². The fraction of sp³-hybridized carbons (Fsp3) is 0.250. The van der Waals surface area contributed by atoms with E-state index in [1.54, 1.807) is 0 Å². The van der Waals surface area contributed by atoms with Crippen LogP contribution >= 0.6 is 0 Å². The van der Waals surface area contributed by atoms with Crippen LogP contribution in [0, 0.1) is 0 Å². The average Bonchev–Trinajstić information content (AvgIpc) is 2.65. The number of nitrogens with one attached hydrogen (secondary N) is 3. The average molecular weight is 236 g/mol. The summed E-state index contributed by atoms with van der Waals surface area (Å²) >= 11 is 0. The first-order valence-electron chi connectivity index (χ1n) is 4.82. The van der Waals surface area contributed by atoms with E-state index in [0.29, 0.717) is 5.95 Å². The van der Waals surface area contributed by atoms with Crippen LogP contribution in [0.3, 0.4) is 0 Å². The number of imidazole rings is 1. The van der Waals surface area contributed by atoms with Crippen molar-refractivity contribution in [2.45, 2.75) is 6.54 Å². The van der Waals surface area contributed by atoms with Crippen LogP contribution in [-0.4, -0.2) is 25.0 Å². The predicted molar refractivity (Wildman–Crippen MR) is 57.4 cm³/mol. The van der Waals surface area contributed by atoms with Gasteiger partial charge in [-0.3, -0.25) is 34.6 Å². The van der Waals surface area contributed by atoms with E-state index in [9.17, 15) is 14.4 Å². The van der Waals surface area contributed by atoms with Crippen molar-refractivity contribution < 1.29 is 4.79 Å². The van der Waals surface area contributed by atoms with Gasteiger partial charge in [-0.15, -0.1) is 0 Å². The molecule has 0 unspecified atom stereocenters. The Morgan fingerprint density at radius 1 is 1.24 bits per heavy atom. The third kappa shape index (κ3) is 1.19. The van der Waals surface area contributed by atoms with Crippen LogP contribution in [0.25, 0.3) is 11.2 Å². The molecule has 0 fully saturated rings. The number of aromatic amines is 1. The first kappa shape index (κ1) is 9.63. The number of nitrogens with zero attached hydrogens (tertiary/aromatic N) is 3. The fourth-order valence-electron chi connectivity index (χ4n) is 1.79. The zero-order chi connectivity index (χ0) is 12.2. The molecule has 0 bridgehead atoms. The third-order valence-corrected chi connectivity index (χ3v) is 2.62. The molecule has 0 saturated carbocycles. The van der Waals surface area contributed by atoms with Gasteiger partial charge in [0.15, 0.2) is 11.2 Å². The van der Waals surface area contributed by atoms with Crippen molar-refractivity contribution in [2.24, 2.45) is 7.05 Å². The summed E-state index contributed by atoms with van der Waals surface area (Å²) in [4.78, 5) is 40.6. The largest absolute Gasteiger partial charge is 0.329 e. The number of hydrogen-bond acceptors (Lipinski definition) is 5. The number of rotatable bonds is 0. The Balaban J connectivity index is 2.48. The molecule has 1 aliphatic rings. The highest BCUT2D eigenvalue weighted by atomic mass is 16.2. The standard InChI is InChI=1S/C8H8N6O3/c1-13-5-4(6(16)10-8(13)17)14-2-3(15)11-12-7(14)9-5/h2H2,1H3,(H,9,12)(H,11,15)(H,10,16,17). The quantitative estimate of drug-likeness (QED) is 0.484. The van der Waals surface area contributed by atoms with Gasteiger partial charge < -0.3 is 0 Å². The summed E-state index contributed by atoms with van der Waals surface area (Å²) in [5, 5.41) is 0. The Morgan fingerprint density at radius 2 is 2.00 bits per heavy atom. The van der Waals surface area contributed by atoms with E-state index in [2.05, 4.69) is 20.8 Å². The highest BCUT2D eigenvalue weighted by Gasteiger charge is 2.22. The minimum Gasteiger partial charge on any atom is -0.293 e. The molecule has 3 N–H and O–H groups in total. The molecule has 2 aromatic rings. The van der Waals surface area contributed by atoms with E-state index in [1.165, 1.54) is 16.2 Å². The Kier molecular flexibility index (Phi) is 1.68. The second-order valence-corrected chi connectivity index (χ2v) is 3.69. The van der Waals surface area contributed by atoms with E-state index < -0.39 is 11.2 Å². The molecule has 9 nitrogen and oxygen atoms in total. The normalized spacial score (nSPS) is 14.3. The number of carbonyl (C=O) groups is 1. The monoisotopic (exact) mass is 236 g/mol. The number of fused-ring (bicyclic) bond motifs is 3. The van der Waals surface area contributed by atoms with Crippen LogP contribution in [0.2, 0.25) is 0 Å². The molecule has 2 aromatic heterocycles. The molecule has 0 radical (unpaired) electrons. The maximum Gasteiger partial charge on any atom is 0.329 e. The van der Waals surface area contributed by atoms with Crippen LogP contribution in [0.5, 0.6) is 0 Å². The lowest BCUT2D eigenvalue weighted by atomic mass is 10.5. The van der Waals surface area contributed by atoms with Crippen molar-refractivity contribution in [2.75, 3.05) is 5.43 Å². The first-order chi connectivity index (χ1) is 8.08. The number of hydrogen-bond donors (Lipinski definition) is 3. The van der Waals surface area contributed by atoms with Crippen LogP contribution in [0.4, 0.5) is 5.95 Å². The van der Waals surface area contributed by atoms with Gasteiger partial charge in [0, 0.05) is 7.05 Å². The lowest BCUT2D eigenvalue weighted by Gasteiger charge is -2.15. The van der Waals surface area contributed by atoms with Crippen molar-refractivity contribution >= 4 is 23.0 Å². The van der Waals surface area contributed by atoms with Gasteiger partial charge in [-0.2, -0.15) is 4.98 Å². The number of anilines is 1. The van der Waals surface area contributed by atoms with Crippen LogP contribution in [0.1, 0.15) is 0 Å². The molecule has 0 saturated heterocycles. The molecule has 3 heterocycles. The Hall–Kier alpha value is -2.58. The van der Waals surface area contributed by atoms with E-state index in [0.717, 1.165) is 0 Å². The van der Waals surface area contributed by atoms with Gasteiger partial charge >= 0.3 is 5.69 Å². The highest BCUT2D eigenvalue weighted by Crippen LogP contribution is 2.15. The van der Waals surface area contributed by atoms with E-state index in [-0.39, 0.29) is 23.6 Å². The number of H-pyrrole nitrogens is 1. The molecule has 9 heteroatoms. The highest BCUT2D eigenvalue weighted by molar-refractivity contribution is 5.84. The summed E-state index contributed by atoms with van der Waals surface area (Å²) in [5.74, 6) is 0.0383. The lowest BCUT2D eigenvalue weighted by molar-refractivity contribution is -0.121. The van der Waals surface area contributed by atoms with Gasteiger partial charge in [0.05, 0.1) is 0 Å². The minimum absolute atomic E-state index is 0.0138. The molecule has 17 heavy (non-hydrogen) atoms. The van der Waals surface area contributed by atoms with Crippen molar-refractivity contribution in [3.8, 4) is 0 Å². The van der Waals surface area contributed by atoms with Gasteiger partial charge in [-0.1, -0.05) is 0 Å². The molecule has 1 amide bonds. The summed E-state index contributed by atoms with van der Waals surface area (Å²) in [5.41, 5.74) is 4.27. The van der Waals surface area contributed by atoms with Gasteiger partial charge in [-0.05, 0) is 0 Å². The van der Waals surface area contributed by atoms with E-state index in [4.69, 9.17) is 0 Å². The Morgan fingerprint density at radius 3 is 2.76 bits per heavy atom. The molecule has 0 spiro atoms. The fourth-order valence-corrected chi connectivity index (χ4v) is 1.79. The molecule has 0 aromatic carbocycles. The second kappa shape index (κ2) is 2.97. The summed E-state index contributed by atoms with van der Waals surface area (Å²) in [6, 6.07) is 0. The number of aryl methyl sites for hydroxylation is 1. The summed E-state index contributed by atoms with van der Waals surface area (Å²) in [7, 11) is 1.49. The third-order valence-electron chi connectivity index (χ3n) is 2.62. The first-order valence-corrected chi connectivity index (χ1v) is 4.82. The lowest BCUT2D eigenvalue weighted by Crippen LogP contribution is -2.39. The zero-order valence-corrected chi connectivity index (χ0v) is 8.77. The number of carbonyl (C=O) groups excluding carboxylic acids is 1. The smallest absolute Gasteiger partial charge is 0.293 e. The maximum absolute atomic E-state index is 11.7. The topological polar surface area (TPSA) is 114 Å². The molecule has 0 aliphatic carbocycles. The Bertz CT molecular complexity index is 751.